The largest absolute Gasteiger partial charge is 0.253 e. The van der Waals surface area contributed by atoms with Crippen LogP contribution in [0.5, 0.6) is 0 Å². The maximum Gasteiger partial charge on any atom is 0.198 e. The van der Waals surface area contributed by atoms with Gasteiger partial charge >= 0.3 is 0 Å². The molecule has 2 aromatic rings. The highest BCUT2D eigenvalue weighted by atomic mass is 32.2. The van der Waals surface area contributed by atoms with E-state index < -0.39 is 10.9 Å². The van der Waals surface area contributed by atoms with Gasteiger partial charge in [-0.2, -0.15) is 0 Å². The lowest BCUT2D eigenvalue weighted by molar-refractivity contribution is 0.616. The molecule has 1 aromatic carbocycles. The molecule has 2 N–H and O–H groups in total. The number of nitrogens with zero attached hydrogens (tertiary/aromatic N) is 2. The zero-order valence-electron chi connectivity index (χ0n) is 7.20. The van der Waals surface area contributed by atoms with Crippen LogP contribution in [0, 0.1) is 0 Å². The van der Waals surface area contributed by atoms with Gasteiger partial charge in [0, 0.05) is 12.4 Å². The molecule has 0 fully saturated rings. The van der Waals surface area contributed by atoms with E-state index in [1.54, 1.807) is 12.4 Å². The average Bonchev–Trinajstić information content (AvgIpc) is 2.17. The smallest absolute Gasteiger partial charge is 0.198 e. The van der Waals surface area contributed by atoms with Crippen LogP contribution in [-0.2, 0) is 10.9 Å². The van der Waals surface area contributed by atoms with Crippen LogP contribution in [0.3, 0.4) is 0 Å². The van der Waals surface area contributed by atoms with E-state index in [0.717, 1.165) is 11.0 Å². The molecule has 1 heterocycles. The van der Waals surface area contributed by atoms with Gasteiger partial charge in [0.05, 0.1) is 11.0 Å². The van der Waals surface area contributed by atoms with Gasteiger partial charge in [0.15, 0.2) is 10.9 Å². The van der Waals surface area contributed by atoms with Crippen molar-refractivity contribution in [3.8, 4) is 0 Å². The van der Waals surface area contributed by atoms with Crippen LogP contribution in [0.2, 0.25) is 0 Å². The Bertz CT molecular complexity index is 411. The van der Waals surface area contributed by atoms with E-state index in [0.29, 0.717) is 0 Å². The van der Waals surface area contributed by atoms with Gasteiger partial charge in [0.2, 0.25) is 0 Å². The van der Waals surface area contributed by atoms with Crippen molar-refractivity contribution in [3.63, 3.8) is 0 Å². The molecule has 0 bridgehead atoms. The first-order valence-electron chi connectivity index (χ1n) is 3.75. The molecule has 0 aliphatic carbocycles. The molecular weight excluding hydrogens is 202 g/mol. The Morgan fingerprint density at radius 3 is 1.71 bits per heavy atom. The zero-order chi connectivity index (χ0) is 10.4. The molecular formula is C8H9N3O2S. The lowest BCUT2D eigenvalue weighted by atomic mass is 10.3. The second-order valence-corrected chi connectivity index (χ2v) is 2.90. The van der Waals surface area contributed by atoms with Crippen molar-refractivity contribution in [2.45, 2.75) is 0 Å². The fourth-order valence-corrected chi connectivity index (χ4v) is 0.910. The van der Waals surface area contributed by atoms with Crippen LogP contribution in [0.15, 0.2) is 36.7 Å². The van der Waals surface area contributed by atoms with Crippen LogP contribution >= 0.6 is 0 Å². The fraction of sp³-hybridized carbons (Fsp3) is 0. The fourth-order valence-electron chi connectivity index (χ4n) is 0.910. The summed E-state index contributed by atoms with van der Waals surface area (Å²) in [6.07, 6.45) is 3.39. The third-order valence-electron chi connectivity index (χ3n) is 1.38. The normalized spacial score (nSPS) is 9.57. The number of benzene rings is 1. The van der Waals surface area contributed by atoms with Gasteiger partial charge in [-0.1, -0.05) is 12.1 Å². The molecule has 2 rings (SSSR count). The van der Waals surface area contributed by atoms with Crippen molar-refractivity contribution in [2.24, 2.45) is 5.14 Å². The molecule has 5 nitrogen and oxygen atoms in total. The van der Waals surface area contributed by atoms with Gasteiger partial charge in [0.25, 0.3) is 0 Å². The van der Waals surface area contributed by atoms with E-state index in [2.05, 4.69) is 15.1 Å². The minimum atomic E-state index is -2.62. The Hall–Kier alpha value is -1.53. The standard InChI is InChI=1S/C8H6N2.H3NO2S/c1-2-4-8-7(3-1)9-5-6-10-8;1-4(2)3/h1-6H;4H,(H2,1,2,3). The van der Waals surface area contributed by atoms with Gasteiger partial charge in [-0.25, -0.2) is 13.6 Å². The summed E-state index contributed by atoms with van der Waals surface area (Å²) in [6.45, 7) is 0. The highest BCUT2D eigenvalue weighted by molar-refractivity contribution is 7.69. The second kappa shape index (κ2) is 5.25. The highest BCUT2D eigenvalue weighted by Crippen LogP contribution is 2.04. The monoisotopic (exact) mass is 211 g/mol. The molecule has 74 valence electrons. The number of para-hydroxylation sites is 2. The predicted octanol–water partition coefficient (Wildman–Crippen LogP) is 0.101. The minimum Gasteiger partial charge on any atom is -0.253 e. The third-order valence-corrected chi connectivity index (χ3v) is 1.38. The summed E-state index contributed by atoms with van der Waals surface area (Å²) in [5.41, 5.74) is 1.90. The summed E-state index contributed by atoms with van der Waals surface area (Å²) in [5, 5.41) is 4.06. The zero-order valence-corrected chi connectivity index (χ0v) is 8.09. The Balaban J connectivity index is 0.000000213. The van der Waals surface area contributed by atoms with Gasteiger partial charge < -0.3 is 0 Å². The summed E-state index contributed by atoms with van der Waals surface area (Å²) >= 11 is 0. The number of rotatable bonds is 0. The summed E-state index contributed by atoms with van der Waals surface area (Å²) < 4.78 is 17.6. The van der Waals surface area contributed by atoms with E-state index >= 15 is 0 Å². The van der Waals surface area contributed by atoms with Gasteiger partial charge in [-0.15, -0.1) is 0 Å². The van der Waals surface area contributed by atoms with Crippen molar-refractivity contribution in [3.05, 3.63) is 36.7 Å². The van der Waals surface area contributed by atoms with Crippen molar-refractivity contribution >= 4 is 21.9 Å². The van der Waals surface area contributed by atoms with Crippen molar-refractivity contribution in [1.82, 2.24) is 9.97 Å². The molecule has 0 spiro atoms. The number of nitrogens with two attached hydrogens (primary N) is 1. The molecule has 0 aliphatic heterocycles. The maximum atomic E-state index is 8.81. The number of fused-ring (bicyclic) bond motifs is 1. The number of hydrogen-bond donors (Lipinski definition) is 2. The highest BCUT2D eigenvalue weighted by Gasteiger charge is 1.88. The summed E-state index contributed by atoms with van der Waals surface area (Å²) in [7, 11) is -2.62. The van der Waals surface area contributed by atoms with Gasteiger partial charge in [-0.05, 0) is 12.1 Å². The lowest BCUT2D eigenvalue weighted by Gasteiger charge is -1.90. The molecule has 0 radical (unpaired) electrons. The van der Waals surface area contributed by atoms with E-state index in [1.807, 2.05) is 24.3 Å². The van der Waals surface area contributed by atoms with Crippen LogP contribution in [0.1, 0.15) is 0 Å². The number of aromatic nitrogens is 2. The summed E-state index contributed by atoms with van der Waals surface area (Å²) in [5.74, 6) is 0. The van der Waals surface area contributed by atoms with E-state index in [-0.39, 0.29) is 0 Å². The third kappa shape index (κ3) is 3.46. The molecule has 0 saturated heterocycles. The molecule has 0 saturated carbocycles. The Kier molecular flexibility index (Phi) is 3.96. The topological polar surface area (TPSA) is 85.9 Å². The first-order valence-corrected chi connectivity index (χ1v) is 4.99. The lowest BCUT2D eigenvalue weighted by Crippen LogP contribution is -1.85. The van der Waals surface area contributed by atoms with E-state index in [1.165, 1.54) is 0 Å². The minimum absolute atomic E-state index is 0.949. The quantitative estimate of drug-likeness (QED) is 0.605. The van der Waals surface area contributed by atoms with Gasteiger partial charge in [-0.3, -0.25) is 9.97 Å². The number of thiol groups is 1. The first kappa shape index (κ1) is 10.6. The molecule has 14 heavy (non-hydrogen) atoms. The molecule has 0 aliphatic rings. The van der Waals surface area contributed by atoms with Crippen LogP contribution in [0.25, 0.3) is 11.0 Å². The van der Waals surface area contributed by atoms with Crippen molar-refractivity contribution in [2.75, 3.05) is 0 Å². The Morgan fingerprint density at radius 1 is 1.00 bits per heavy atom. The molecule has 0 unspecified atom stereocenters. The molecule has 1 aromatic heterocycles. The predicted molar refractivity (Wildman–Crippen MR) is 54.0 cm³/mol. The van der Waals surface area contributed by atoms with Crippen LogP contribution < -0.4 is 5.14 Å². The average molecular weight is 211 g/mol. The SMILES string of the molecule is N[SH](=O)=O.c1ccc2nccnc2c1. The van der Waals surface area contributed by atoms with Crippen molar-refractivity contribution in [1.29, 1.82) is 0 Å². The molecule has 0 amide bonds. The molecule has 6 heteroatoms. The second-order valence-electron chi connectivity index (χ2n) is 2.33. The molecule has 0 atom stereocenters. The Morgan fingerprint density at radius 2 is 1.36 bits per heavy atom. The van der Waals surface area contributed by atoms with Gasteiger partial charge in [0.1, 0.15) is 0 Å². The first-order chi connectivity index (χ1) is 6.70. The summed E-state index contributed by atoms with van der Waals surface area (Å²) in [4.78, 5) is 8.24. The van der Waals surface area contributed by atoms with Crippen molar-refractivity contribution < 1.29 is 8.42 Å². The number of hydrogen-bond acceptors (Lipinski definition) is 4. The van der Waals surface area contributed by atoms with E-state index in [9.17, 15) is 0 Å². The maximum absolute atomic E-state index is 8.81. The van der Waals surface area contributed by atoms with Crippen LogP contribution in [0.4, 0.5) is 0 Å². The van der Waals surface area contributed by atoms with E-state index in [4.69, 9.17) is 8.42 Å². The summed E-state index contributed by atoms with van der Waals surface area (Å²) in [6, 6.07) is 7.80. The Labute approximate surface area is 82.7 Å². The van der Waals surface area contributed by atoms with Crippen LogP contribution in [-0.4, -0.2) is 18.4 Å².